The molecule has 1 aliphatic carbocycles. The van der Waals surface area contributed by atoms with Gasteiger partial charge in [0.2, 0.25) is 0 Å². The highest BCUT2D eigenvalue weighted by Gasteiger charge is 2.29. The molecule has 1 N–H and O–H groups in total. The Bertz CT molecular complexity index is 1050. The highest BCUT2D eigenvalue weighted by Crippen LogP contribution is 2.41. The first-order chi connectivity index (χ1) is 14.6. The SMILES string of the molecule is CC[C@@H]1CCc2c(sc(NC(=O)c3ccc(-c4ccccc4)cc3)c2C(=O)OC)C1. The smallest absolute Gasteiger partial charge is 0.341 e. The van der Waals surface area contributed by atoms with Crippen molar-refractivity contribution in [1.29, 1.82) is 0 Å². The van der Waals surface area contributed by atoms with Gasteiger partial charge in [0.05, 0.1) is 12.7 Å². The van der Waals surface area contributed by atoms with Gasteiger partial charge in [-0.1, -0.05) is 55.8 Å². The van der Waals surface area contributed by atoms with Gasteiger partial charge >= 0.3 is 5.97 Å². The number of hydrogen-bond acceptors (Lipinski definition) is 4. The second-order valence-corrected chi connectivity index (χ2v) is 8.72. The topological polar surface area (TPSA) is 55.4 Å². The van der Waals surface area contributed by atoms with Gasteiger partial charge in [0.1, 0.15) is 5.00 Å². The Morgan fingerprint density at radius 3 is 2.43 bits per heavy atom. The van der Waals surface area contributed by atoms with E-state index in [2.05, 4.69) is 12.2 Å². The Hall–Kier alpha value is -2.92. The molecule has 1 heterocycles. The summed E-state index contributed by atoms with van der Waals surface area (Å²) in [4.78, 5) is 26.6. The molecule has 0 fully saturated rings. The van der Waals surface area contributed by atoms with Crippen LogP contribution in [0.4, 0.5) is 5.00 Å². The molecule has 1 aromatic heterocycles. The Morgan fingerprint density at radius 2 is 1.77 bits per heavy atom. The van der Waals surface area contributed by atoms with Crippen LogP contribution in [0.15, 0.2) is 54.6 Å². The number of benzene rings is 2. The number of rotatable bonds is 5. The maximum Gasteiger partial charge on any atom is 0.341 e. The zero-order chi connectivity index (χ0) is 21.1. The summed E-state index contributed by atoms with van der Waals surface area (Å²) in [5.41, 5.74) is 4.30. The summed E-state index contributed by atoms with van der Waals surface area (Å²) in [5.74, 6) is 0.0401. The van der Waals surface area contributed by atoms with Gasteiger partial charge in [0.15, 0.2) is 0 Å². The van der Waals surface area contributed by atoms with Gasteiger partial charge < -0.3 is 10.1 Å². The van der Waals surface area contributed by atoms with Crippen molar-refractivity contribution >= 4 is 28.2 Å². The van der Waals surface area contributed by atoms with Crippen molar-refractivity contribution in [1.82, 2.24) is 0 Å². The van der Waals surface area contributed by atoms with Gasteiger partial charge in [-0.2, -0.15) is 0 Å². The highest BCUT2D eigenvalue weighted by atomic mass is 32.1. The average Bonchev–Trinajstić information content (AvgIpc) is 3.16. The van der Waals surface area contributed by atoms with Crippen LogP contribution in [0.1, 0.15) is 50.9 Å². The van der Waals surface area contributed by atoms with Gasteiger partial charge in [-0.25, -0.2) is 4.79 Å². The lowest BCUT2D eigenvalue weighted by molar-refractivity contribution is 0.0601. The summed E-state index contributed by atoms with van der Waals surface area (Å²) < 4.78 is 5.02. The monoisotopic (exact) mass is 419 g/mol. The molecule has 1 atom stereocenters. The molecule has 1 aliphatic rings. The Balaban J connectivity index is 1.58. The molecule has 5 heteroatoms. The molecule has 4 rings (SSSR count). The first-order valence-corrected chi connectivity index (χ1v) is 11.1. The number of thiophene rings is 1. The summed E-state index contributed by atoms with van der Waals surface area (Å²) in [6.07, 6.45) is 4.01. The molecule has 0 aliphatic heterocycles. The summed E-state index contributed by atoms with van der Waals surface area (Å²) in [6, 6.07) is 17.6. The van der Waals surface area contributed by atoms with Gasteiger partial charge in [-0.15, -0.1) is 11.3 Å². The van der Waals surface area contributed by atoms with Crippen LogP contribution in [0, 0.1) is 5.92 Å². The predicted octanol–water partition coefficient (Wildman–Crippen LogP) is 5.97. The normalized spacial score (nSPS) is 15.3. The lowest BCUT2D eigenvalue weighted by atomic mass is 9.85. The molecule has 0 bridgehead atoms. The molecule has 30 heavy (non-hydrogen) atoms. The molecule has 1 amide bonds. The maximum absolute atomic E-state index is 12.9. The largest absolute Gasteiger partial charge is 0.465 e. The highest BCUT2D eigenvalue weighted by molar-refractivity contribution is 7.17. The van der Waals surface area contributed by atoms with E-state index < -0.39 is 0 Å². The van der Waals surface area contributed by atoms with Gasteiger partial charge in [-0.3, -0.25) is 4.79 Å². The van der Waals surface area contributed by atoms with Crippen molar-refractivity contribution in [2.45, 2.75) is 32.6 Å². The minimum absolute atomic E-state index is 0.217. The average molecular weight is 420 g/mol. The van der Waals surface area contributed by atoms with E-state index >= 15 is 0 Å². The first kappa shape index (κ1) is 20.4. The molecule has 0 saturated heterocycles. The predicted molar refractivity (Wildman–Crippen MR) is 121 cm³/mol. The number of carbonyl (C=O) groups is 2. The fourth-order valence-electron chi connectivity index (χ4n) is 4.03. The third kappa shape index (κ3) is 4.03. The molecule has 3 aromatic rings. The van der Waals surface area contributed by atoms with E-state index in [0.717, 1.165) is 42.4 Å². The van der Waals surface area contributed by atoms with Crippen LogP contribution in [0.5, 0.6) is 0 Å². The molecule has 154 valence electrons. The van der Waals surface area contributed by atoms with Gasteiger partial charge in [0, 0.05) is 10.4 Å². The maximum atomic E-state index is 12.9. The third-order valence-electron chi connectivity index (χ3n) is 5.82. The van der Waals surface area contributed by atoms with Gasteiger partial charge in [0.25, 0.3) is 5.91 Å². The molecule has 0 unspecified atom stereocenters. The molecular weight excluding hydrogens is 394 g/mol. The van der Waals surface area contributed by atoms with Crippen LogP contribution in [0.25, 0.3) is 11.1 Å². The number of ether oxygens (including phenoxy) is 1. The number of methoxy groups -OCH3 is 1. The number of anilines is 1. The summed E-state index contributed by atoms with van der Waals surface area (Å²) in [6.45, 7) is 2.20. The molecular formula is C25H25NO3S. The number of carbonyl (C=O) groups excluding carboxylic acids is 2. The molecule has 4 nitrogen and oxygen atoms in total. The zero-order valence-corrected chi connectivity index (χ0v) is 18.1. The van der Waals surface area contributed by atoms with Crippen molar-refractivity contribution in [3.8, 4) is 11.1 Å². The zero-order valence-electron chi connectivity index (χ0n) is 17.2. The number of hydrogen-bond donors (Lipinski definition) is 1. The van der Waals surface area contributed by atoms with E-state index in [4.69, 9.17) is 4.74 Å². The molecule has 0 saturated carbocycles. The van der Waals surface area contributed by atoms with Crippen LogP contribution in [-0.4, -0.2) is 19.0 Å². The third-order valence-corrected chi connectivity index (χ3v) is 6.99. The van der Waals surface area contributed by atoms with E-state index in [1.807, 2.05) is 54.6 Å². The van der Waals surface area contributed by atoms with E-state index in [-0.39, 0.29) is 11.9 Å². The summed E-state index contributed by atoms with van der Waals surface area (Å²) >= 11 is 1.52. The second-order valence-electron chi connectivity index (χ2n) is 7.61. The van der Waals surface area contributed by atoms with E-state index in [9.17, 15) is 9.59 Å². The second kappa shape index (κ2) is 8.84. The quantitative estimate of drug-likeness (QED) is 0.519. The molecule has 0 radical (unpaired) electrons. The molecule has 0 spiro atoms. The van der Waals surface area contributed by atoms with E-state index in [0.29, 0.717) is 22.0 Å². The van der Waals surface area contributed by atoms with Crippen molar-refractivity contribution in [2.75, 3.05) is 12.4 Å². The van der Waals surface area contributed by atoms with E-state index in [1.165, 1.54) is 23.3 Å². The van der Waals surface area contributed by atoms with Gasteiger partial charge in [-0.05, 0) is 54.0 Å². The summed E-state index contributed by atoms with van der Waals surface area (Å²) in [5, 5.41) is 3.57. The standard InChI is InChI=1S/C25H25NO3S/c1-3-16-9-14-20-21(15-16)30-24(22(20)25(28)29-2)26-23(27)19-12-10-18(11-13-19)17-7-5-4-6-8-17/h4-8,10-13,16H,3,9,14-15H2,1-2H3,(H,26,27)/t16-/m1/s1. The van der Waals surface area contributed by atoms with E-state index in [1.54, 1.807) is 0 Å². The summed E-state index contributed by atoms with van der Waals surface area (Å²) in [7, 11) is 1.39. The fourth-order valence-corrected chi connectivity index (χ4v) is 5.37. The minimum atomic E-state index is -0.378. The minimum Gasteiger partial charge on any atom is -0.465 e. The van der Waals surface area contributed by atoms with Crippen LogP contribution in [-0.2, 0) is 17.6 Å². The number of nitrogens with one attached hydrogen (secondary N) is 1. The van der Waals surface area contributed by atoms with Crippen LogP contribution >= 0.6 is 11.3 Å². The number of amides is 1. The van der Waals surface area contributed by atoms with Crippen LogP contribution in [0.3, 0.4) is 0 Å². The first-order valence-electron chi connectivity index (χ1n) is 10.3. The van der Waals surface area contributed by atoms with Crippen molar-refractivity contribution in [2.24, 2.45) is 5.92 Å². The Labute approximate surface area is 180 Å². The van der Waals surface area contributed by atoms with Crippen LogP contribution in [0.2, 0.25) is 0 Å². The van der Waals surface area contributed by atoms with Crippen molar-refractivity contribution in [3.05, 3.63) is 76.2 Å². The fraction of sp³-hybridized carbons (Fsp3) is 0.280. The number of fused-ring (bicyclic) bond motifs is 1. The molecule has 2 aromatic carbocycles. The lowest BCUT2D eigenvalue weighted by Gasteiger charge is -2.20. The van der Waals surface area contributed by atoms with Crippen LogP contribution < -0.4 is 5.32 Å². The lowest BCUT2D eigenvalue weighted by Crippen LogP contribution is -2.16. The van der Waals surface area contributed by atoms with Crippen molar-refractivity contribution < 1.29 is 14.3 Å². The number of esters is 1. The van der Waals surface area contributed by atoms with Crippen molar-refractivity contribution in [3.63, 3.8) is 0 Å². The Kier molecular flexibility index (Phi) is 6.00. The Morgan fingerprint density at radius 1 is 1.07 bits per heavy atom.